The molecule has 1 N–H and O–H groups in total. The molecule has 7 heteroatoms. The van der Waals surface area contributed by atoms with Gasteiger partial charge in [-0.15, -0.1) is 0 Å². The molecule has 0 aliphatic rings. The van der Waals surface area contributed by atoms with Gasteiger partial charge in [0.2, 0.25) is 9.05 Å². The molecule has 0 aliphatic carbocycles. The smallest absolute Gasteiger partial charge is 0.407 e. The Hall–Kier alpha value is -2.05. The van der Waals surface area contributed by atoms with E-state index in [0.717, 1.165) is 11.1 Å². The zero-order chi connectivity index (χ0) is 19.9. The molecule has 0 saturated carbocycles. The molecule has 2 aromatic rings. The summed E-state index contributed by atoms with van der Waals surface area (Å²) in [5, 5.41) is 2.74. The van der Waals surface area contributed by atoms with E-state index in [0.29, 0.717) is 0 Å². The van der Waals surface area contributed by atoms with Crippen LogP contribution in [0.25, 0.3) is 0 Å². The summed E-state index contributed by atoms with van der Waals surface area (Å²) in [5.74, 6) is -0.460. The SMILES string of the molecule is CC(C)(CS(=O)(=O)Cl)C(CNC(=O)OCc1ccccc1)c1ccccc1. The average Bonchev–Trinajstić information content (AvgIpc) is 2.59. The molecule has 27 heavy (non-hydrogen) atoms. The molecule has 1 amide bonds. The highest BCUT2D eigenvalue weighted by Crippen LogP contribution is 2.37. The number of ether oxygens (including phenoxy) is 1. The number of halogens is 1. The number of hydrogen-bond acceptors (Lipinski definition) is 4. The highest BCUT2D eigenvalue weighted by molar-refractivity contribution is 8.13. The molecule has 0 saturated heterocycles. The lowest BCUT2D eigenvalue weighted by Gasteiger charge is -2.34. The van der Waals surface area contributed by atoms with E-state index in [-0.39, 0.29) is 24.8 Å². The first kappa shape index (κ1) is 21.3. The first-order valence-electron chi connectivity index (χ1n) is 8.59. The van der Waals surface area contributed by atoms with Crippen LogP contribution >= 0.6 is 10.7 Å². The Morgan fingerprint density at radius 1 is 1.07 bits per heavy atom. The predicted octanol–water partition coefficient (Wildman–Crippen LogP) is 4.29. The van der Waals surface area contributed by atoms with Crippen molar-refractivity contribution in [2.24, 2.45) is 5.41 Å². The van der Waals surface area contributed by atoms with Crippen molar-refractivity contribution in [3.63, 3.8) is 0 Å². The molecular formula is C20H24ClNO4S. The predicted molar refractivity (Wildman–Crippen MR) is 107 cm³/mol. The van der Waals surface area contributed by atoms with Gasteiger partial charge in [0, 0.05) is 23.1 Å². The molecule has 0 aliphatic heterocycles. The van der Waals surface area contributed by atoms with Gasteiger partial charge in [0.25, 0.3) is 0 Å². The zero-order valence-corrected chi connectivity index (χ0v) is 17.0. The minimum atomic E-state index is -3.69. The number of amides is 1. The summed E-state index contributed by atoms with van der Waals surface area (Å²) in [6.07, 6.45) is -0.552. The molecule has 2 rings (SSSR count). The zero-order valence-electron chi connectivity index (χ0n) is 15.4. The van der Waals surface area contributed by atoms with E-state index < -0.39 is 20.6 Å². The van der Waals surface area contributed by atoms with Crippen molar-refractivity contribution in [3.05, 3.63) is 71.8 Å². The van der Waals surface area contributed by atoms with Gasteiger partial charge in [0.15, 0.2) is 0 Å². The van der Waals surface area contributed by atoms with Crippen LogP contribution in [0.1, 0.15) is 30.9 Å². The molecule has 5 nitrogen and oxygen atoms in total. The number of benzene rings is 2. The van der Waals surface area contributed by atoms with Gasteiger partial charge >= 0.3 is 6.09 Å². The van der Waals surface area contributed by atoms with Crippen molar-refractivity contribution < 1.29 is 17.9 Å². The van der Waals surface area contributed by atoms with Crippen molar-refractivity contribution in [1.82, 2.24) is 5.32 Å². The molecule has 0 bridgehead atoms. The number of nitrogens with one attached hydrogen (secondary N) is 1. The van der Waals surface area contributed by atoms with Gasteiger partial charge in [-0.25, -0.2) is 13.2 Å². The second-order valence-corrected chi connectivity index (χ2v) is 9.85. The van der Waals surface area contributed by atoms with Crippen LogP contribution in [0.4, 0.5) is 4.79 Å². The topological polar surface area (TPSA) is 72.5 Å². The van der Waals surface area contributed by atoms with Crippen LogP contribution in [-0.2, 0) is 20.4 Å². The Kier molecular flexibility index (Phi) is 7.27. The van der Waals surface area contributed by atoms with Crippen molar-refractivity contribution in [3.8, 4) is 0 Å². The van der Waals surface area contributed by atoms with E-state index in [4.69, 9.17) is 15.4 Å². The van der Waals surface area contributed by atoms with Crippen LogP contribution in [0.3, 0.4) is 0 Å². The Morgan fingerprint density at radius 3 is 2.19 bits per heavy atom. The fourth-order valence-electron chi connectivity index (χ4n) is 3.04. The Morgan fingerprint density at radius 2 is 1.63 bits per heavy atom. The standard InChI is InChI=1S/C20H24ClNO4S/c1-20(2,15-27(21,24)25)18(17-11-7-4-8-12-17)13-22-19(23)26-14-16-9-5-3-6-10-16/h3-12,18H,13-15H2,1-2H3,(H,22,23). The van der Waals surface area contributed by atoms with Crippen molar-refractivity contribution in [2.45, 2.75) is 26.4 Å². The normalized spacial score (nSPS) is 13.0. The molecule has 1 unspecified atom stereocenters. The summed E-state index contributed by atoms with van der Waals surface area (Å²) in [6, 6.07) is 18.8. The van der Waals surface area contributed by atoms with E-state index >= 15 is 0 Å². The highest BCUT2D eigenvalue weighted by Gasteiger charge is 2.35. The van der Waals surface area contributed by atoms with Gasteiger partial charge in [0.1, 0.15) is 6.61 Å². The number of carbonyl (C=O) groups is 1. The van der Waals surface area contributed by atoms with E-state index in [9.17, 15) is 13.2 Å². The molecule has 2 aromatic carbocycles. The maximum Gasteiger partial charge on any atom is 0.407 e. The molecule has 146 valence electrons. The molecule has 0 fully saturated rings. The van der Waals surface area contributed by atoms with Gasteiger partial charge in [0.05, 0.1) is 5.75 Å². The van der Waals surface area contributed by atoms with Gasteiger partial charge in [-0.05, 0) is 16.5 Å². The summed E-state index contributed by atoms with van der Waals surface area (Å²) in [7, 11) is 1.80. The van der Waals surface area contributed by atoms with Gasteiger partial charge < -0.3 is 10.1 Å². The Labute approximate surface area is 165 Å². The maximum absolute atomic E-state index is 12.1. The molecule has 0 radical (unpaired) electrons. The second kappa shape index (κ2) is 9.24. The maximum atomic E-state index is 12.1. The molecule has 0 spiro atoms. The van der Waals surface area contributed by atoms with Crippen LogP contribution < -0.4 is 5.32 Å². The van der Waals surface area contributed by atoms with E-state index in [2.05, 4.69) is 5.32 Å². The highest BCUT2D eigenvalue weighted by atomic mass is 35.7. The third-order valence-electron chi connectivity index (χ3n) is 4.35. The summed E-state index contributed by atoms with van der Waals surface area (Å²) < 4.78 is 28.5. The van der Waals surface area contributed by atoms with Crippen molar-refractivity contribution in [2.75, 3.05) is 12.3 Å². The fraction of sp³-hybridized carbons (Fsp3) is 0.350. The minimum absolute atomic E-state index is 0.169. The molecular weight excluding hydrogens is 386 g/mol. The molecule has 1 atom stereocenters. The minimum Gasteiger partial charge on any atom is -0.445 e. The van der Waals surface area contributed by atoms with Crippen LogP contribution in [-0.4, -0.2) is 26.8 Å². The van der Waals surface area contributed by atoms with Gasteiger partial charge in [-0.1, -0.05) is 74.5 Å². The van der Waals surface area contributed by atoms with E-state index in [1.807, 2.05) is 74.5 Å². The summed E-state index contributed by atoms with van der Waals surface area (Å²) in [4.78, 5) is 12.1. The number of hydrogen-bond donors (Lipinski definition) is 1. The number of alkyl carbamates (subject to hydrolysis) is 1. The summed E-state index contributed by atoms with van der Waals surface area (Å²) in [5.41, 5.74) is 1.13. The monoisotopic (exact) mass is 409 g/mol. The lowest BCUT2D eigenvalue weighted by atomic mass is 9.76. The summed E-state index contributed by atoms with van der Waals surface area (Å²) in [6.45, 7) is 4.04. The first-order chi connectivity index (χ1) is 12.7. The lowest BCUT2D eigenvalue weighted by molar-refractivity contribution is 0.137. The first-order valence-corrected chi connectivity index (χ1v) is 11.1. The number of rotatable bonds is 8. The molecule has 0 aromatic heterocycles. The third kappa shape index (κ3) is 7.23. The second-order valence-electron chi connectivity index (χ2n) is 7.08. The van der Waals surface area contributed by atoms with Crippen LogP contribution in [0, 0.1) is 5.41 Å². The number of carbonyl (C=O) groups excluding carboxylic acids is 1. The van der Waals surface area contributed by atoms with Gasteiger partial charge in [-0.3, -0.25) is 0 Å². The van der Waals surface area contributed by atoms with Gasteiger partial charge in [-0.2, -0.15) is 0 Å². The van der Waals surface area contributed by atoms with Crippen molar-refractivity contribution >= 4 is 25.8 Å². The Bertz CT molecular complexity index is 839. The lowest BCUT2D eigenvalue weighted by Crippen LogP contribution is -2.38. The van der Waals surface area contributed by atoms with Crippen LogP contribution in [0.2, 0.25) is 0 Å². The molecule has 0 heterocycles. The van der Waals surface area contributed by atoms with Crippen LogP contribution in [0.15, 0.2) is 60.7 Å². The third-order valence-corrected chi connectivity index (χ3v) is 5.77. The quantitative estimate of drug-likeness (QED) is 0.660. The van der Waals surface area contributed by atoms with Crippen molar-refractivity contribution in [1.29, 1.82) is 0 Å². The largest absolute Gasteiger partial charge is 0.445 e. The Balaban J connectivity index is 2.05. The average molecular weight is 410 g/mol. The fourth-order valence-corrected chi connectivity index (χ4v) is 4.97. The van der Waals surface area contributed by atoms with E-state index in [1.54, 1.807) is 0 Å². The summed E-state index contributed by atoms with van der Waals surface area (Å²) >= 11 is 0. The van der Waals surface area contributed by atoms with Crippen LogP contribution in [0.5, 0.6) is 0 Å². The van der Waals surface area contributed by atoms with E-state index in [1.165, 1.54) is 0 Å².